The number of anilines is 2. The minimum Gasteiger partial charge on any atom is -0.482 e. The molecule has 31 heavy (non-hydrogen) atoms. The van der Waals surface area contributed by atoms with Gasteiger partial charge >= 0.3 is 0 Å². The molecule has 1 aliphatic heterocycles. The molecule has 8 nitrogen and oxygen atoms in total. The first-order valence-electron chi connectivity index (χ1n) is 9.15. The van der Waals surface area contributed by atoms with Crippen LogP contribution in [0, 0.1) is 0 Å². The number of nitrogens with zero attached hydrogens (tertiary/aromatic N) is 1. The Morgan fingerprint density at radius 1 is 1.16 bits per heavy atom. The summed E-state index contributed by atoms with van der Waals surface area (Å²) in [6, 6.07) is 10.5. The monoisotopic (exact) mass is 462 g/mol. The fraction of sp³-hybridized carbons (Fsp3) is 0.190. The molecule has 1 N–H and O–H groups in total. The summed E-state index contributed by atoms with van der Waals surface area (Å²) in [5.41, 5.74) is 0.838. The van der Waals surface area contributed by atoms with Crippen LogP contribution in [0.3, 0.4) is 0 Å². The van der Waals surface area contributed by atoms with E-state index in [2.05, 4.69) is 11.9 Å². The molecule has 0 bridgehead atoms. The van der Waals surface area contributed by atoms with Crippen molar-refractivity contribution < 1.29 is 27.5 Å². The van der Waals surface area contributed by atoms with Gasteiger partial charge in [0.1, 0.15) is 17.3 Å². The van der Waals surface area contributed by atoms with Crippen molar-refractivity contribution in [3.8, 4) is 5.75 Å². The number of ketones is 1. The summed E-state index contributed by atoms with van der Waals surface area (Å²) in [6.45, 7) is 3.69. The predicted octanol–water partition coefficient (Wildman–Crippen LogP) is 2.49. The minimum atomic E-state index is -4.03. The molecule has 0 unspecified atom stereocenters. The fourth-order valence-electron chi connectivity index (χ4n) is 2.97. The van der Waals surface area contributed by atoms with Crippen LogP contribution in [0.4, 0.5) is 11.4 Å². The van der Waals surface area contributed by atoms with E-state index in [-0.39, 0.29) is 24.6 Å². The number of carbonyl (C=O) groups excluding carboxylic acids is 3. The molecule has 3 rings (SSSR count). The van der Waals surface area contributed by atoms with Crippen LogP contribution in [0.15, 0.2) is 55.1 Å². The largest absolute Gasteiger partial charge is 0.482 e. The van der Waals surface area contributed by atoms with Gasteiger partial charge in [-0.05, 0) is 42.5 Å². The molecule has 0 radical (unpaired) electrons. The van der Waals surface area contributed by atoms with Crippen molar-refractivity contribution >= 4 is 50.4 Å². The number of sulfone groups is 1. The molecule has 2 aromatic rings. The summed E-state index contributed by atoms with van der Waals surface area (Å²) in [6.07, 6.45) is 1.53. The van der Waals surface area contributed by atoms with E-state index in [9.17, 15) is 22.8 Å². The summed E-state index contributed by atoms with van der Waals surface area (Å²) in [5.74, 6) is -3.06. The summed E-state index contributed by atoms with van der Waals surface area (Å²) < 4.78 is 30.1. The van der Waals surface area contributed by atoms with Crippen LogP contribution >= 0.6 is 11.6 Å². The topological polar surface area (TPSA) is 110 Å². The average Bonchev–Trinajstić information content (AvgIpc) is 2.70. The van der Waals surface area contributed by atoms with Crippen molar-refractivity contribution in [2.75, 3.05) is 34.9 Å². The van der Waals surface area contributed by atoms with E-state index < -0.39 is 33.0 Å². The second kappa shape index (κ2) is 9.32. The molecule has 10 heteroatoms. The normalized spacial score (nSPS) is 13.2. The van der Waals surface area contributed by atoms with Crippen molar-refractivity contribution in [1.29, 1.82) is 0 Å². The van der Waals surface area contributed by atoms with Gasteiger partial charge in [0.2, 0.25) is 5.91 Å². The van der Waals surface area contributed by atoms with Gasteiger partial charge in [0.25, 0.3) is 5.91 Å². The molecule has 1 aliphatic rings. The lowest BCUT2D eigenvalue weighted by molar-refractivity contribution is -0.121. The molecular weight excluding hydrogens is 444 g/mol. The first kappa shape index (κ1) is 22.5. The smallest absolute Gasteiger partial charge is 0.265 e. The number of carbonyl (C=O) groups is 3. The summed E-state index contributed by atoms with van der Waals surface area (Å²) in [7, 11) is -4.03. The average molecular weight is 463 g/mol. The first-order valence-corrected chi connectivity index (χ1v) is 11.4. The number of ether oxygens (including phenoxy) is 1. The van der Waals surface area contributed by atoms with Crippen LogP contribution in [-0.2, 0) is 19.4 Å². The van der Waals surface area contributed by atoms with Crippen molar-refractivity contribution in [2.24, 2.45) is 0 Å². The predicted molar refractivity (Wildman–Crippen MR) is 118 cm³/mol. The van der Waals surface area contributed by atoms with Gasteiger partial charge in [0.05, 0.1) is 5.69 Å². The lowest BCUT2D eigenvalue weighted by Gasteiger charge is -2.28. The second-order valence-electron chi connectivity index (χ2n) is 6.77. The number of benzene rings is 2. The van der Waals surface area contributed by atoms with E-state index in [4.69, 9.17) is 16.3 Å². The van der Waals surface area contributed by atoms with Crippen LogP contribution in [0.5, 0.6) is 5.75 Å². The Hall–Kier alpha value is -3.17. The second-order valence-corrected chi connectivity index (χ2v) is 9.28. The van der Waals surface area contributed by atoms with Gasteiger partial charge < -0.3 is 15.0 Å². The molecule has 0 fully saturated rings. The van der Waals surface area contributed by atoms with Crippen LogP contribution in [-0.4, -0.2) is 50.7 Å². The Bertz CT molecular complexity index is 1140. The van der Waals surface area contributed by atoms with Crippen LogP contribution in [0.1, 0.15) is 10.4 Å². The molecule has 0 atom stereocenters. The third-order valence-corrected chi connectivity index (χ3v) is 6.02. The van der Waals surface area contributed by atoms with E-state index in [1.165, 1.54) is 41.3 Å². The van der Waals surface area contributed by atoms with Gasteiger partial charge in [-0.25, -0.2) is 8.42 Å². The van der Waals surface area contributed by atoms with Crippen molar-refractivity contribution in [3.05, 3.63) is 65.7 Å². The Morgan fingerprint density at radius 3 is 2.55 bits per heavy atom. The van der Waals surface area contributed by atoms with Gasteiger partial charge in [-0.3, -0.25) is 14.4 Å². The molecule has 162 valence electrons. The van der Waals surface area contributed by atoms with Gasteiger partial charge in [-0.1, -0.05) is 17.7 Å². The number of fused-ring (bicyclic) bond motifs is 1. The van der Waals surface area contributed by atoms with E-state index >= 15 is 0 Å². The minimum absolute atomic E-state index is 0.0906. The Labute approximate surface area is 184 Å². The van der Waals surface area contributed by atoms with Gasteiger partial charge in [-0.15, -0.1) is 6.58 Å². The fourth-order valence-corrected chi connectivity index (χ4v) is 4.23. The zero-order valence-corrected chi connectivity index (χ0v) is 17.9. The molecule has 0 spiro atoms. The molecule has 0 saturated heterocycles. The summed E-state index contributed by atoms with van der Waals surface area (Å²) in [4.78, 5) is 38.1. The van der Waals surface area contributed by atoms with Gasteiger partial charge in [-0.2, -0.15) is 0 Å². The Balaban J connectivity index is 1.70. The molecule has 1 heterocycles. The highest BCUT2D eigenvalue weighted by Crippen LogP contribution is 2.33. The number of hydrogen-bond donors (Lipinski definition) is 1. The Kier molecular flexibility index (Phi) is 6.77. The van der Waals surface area contributed by atoms with Crippen LogP contribution < -0.4 is 15.0 Å². The van der Waals surface area contributed by atoms with Crippen LogP contribution in [0.25, 0.3) is 0 Å². The molecular formula is C21H19ClN2O6S. The van der Waals surface area contributed by atoms with E-state index in [1.54, 1.807) is 12.1 Å². The van der Waals surface area contributed by atoms with E-state index in [1.807, 2.05) is 0 Å². The molecule has 0 saturated carbocycles. The lowest BCUT2D eigenvalue weighted by atomic mass is 10.1. The maximum atomic E-state index is 12.6. The quantitative estimate of drug-likeness (QED) is 0.476. The highest BCUT2D eigenvalue weighted by atomic mass is 35.5. The molecule has 0 aromatic heterocycles. The number of nitrogens with one attached hydrogen (secondary N) is 1. The molecule has 0 aliphatic carbocycles. The Morgan fingerprint density at radius 2 is 1.87 bits per heavy atom. The first-order chi connectivity index (χ1) is 14.7. The van der Waals surface area contributed by atoms with Gasteiger partial charge in [0.15, 0.2) is 22.2 Å². The standard InChI is InChI=1S/C21H19ClN2O6S/c1-2-9-24-17-10-14(3-8-19(17)30-11-21(24)27)18(25)12-31(28,29)13-20(26)23-16-6-4-15(22)5-7-16/h2-8,10H,1,9,11-13H2,(H,23,26). The third kappa shape index (κ3) is 5.71. The zero-order chi connectivity index (χ0) is 22.6. The maximum Gasteiger partial charge on any atom is 0.265 e. The van der Waals surface area contributed by atoms with Crippen molar-refractivity contribution in [1.82, 2.24) is 0 Å². The number of Topliss-reactive ketones (excluding diaryl/α,β-unsaturated/α-hetero) is 1. The molecule has 2 amide bonds. The SMILES string of the molecule is C=CCN1C(=O)COc2ccc(C(=O)CS(=O)(=O)CC(=O)Nc3ccc(Cl)cc3)cc21. The number of rotatable bonds is 8. The summed E-state index contributed by atoms with van der Waals surface area (Å²) >= 11 is 5.77. The van der Waals surface area contributed by atoms with Crippen molar-refractivity contribution in [2.45, 2.75) is 0 Å². The number of halogens is 1. The highest BCUT2D eigenvalue weighted by molar-refractivity contribution is 7.92. The van der Waals surface area contributed by atoms with E-state index in [0.717, 1.165) is 0 Å². The van der Waals surface area contributed by atoms with Crippen LogP contribution in [0.2, 0.25) is 5.02 Å². The lowest BCUT2D eigenvalue weighted by Crippen LogP contribution is -2.39. The third-order valence-electron chi connectivity index (χ3n) is 4.37. The van der Waals surface area contributed by atoms with E-state index in [0.29, 0.717) is 22.1 Å². The highest BCUT2D eigenvalue weighted by Gasteiger charge is 2.27. The number of amides is 2. The number of hydrogen-bond acceptors (Lipinski definition) is 6. The maximum absolute atomic E-state index is 12.6. The summed E-state index contributed by atoms with van der Waals surface area (Å²) in [5, 5.41) is 2.92. The van der Waals surface area contributed by atoms with Gasteiger partial charge in [0, 0.05) is 22.8 Å². The molecule has 2 aromatic carbocycles. The zero-order valence-electron chi connectivity index (χ0n) is 16.3. The van der Waals surface area contributed by atoms with Crippen molar-refractivity contribution in [3.63, 3.8) is 0 Å².